The first-order chi connectivity index (χ1) is 9.24. The normalized spacial score (nSPS) is 27.6. The third-order valence-electron chi connectivity index (χ3n) is 4.46. The average molecular weight is 259 g/mol. The van der Waals surface area contributed by atoms with E-state index in [1.165, 1.54) is 43.5 Å². The summed E-state index contributed by atoms with van der Waals surface area (Å²) in [6.07, 6.45) is 9.32. The first-order valence-corrected chi connectivity index (χ1v) is 7.67. The number of aromatic nitrogens is 1. The Balaban J connectivity index is 1.77. The molecule has 2 aliphatic rings. The van der Waals surface area contributed by atoms with Gasteiger partial charge in [-0.25, -0.2) is 0 Å². The van der Waals surface area contributed by atoms with Crippen molar-refractivity contribution in [2.75, 3.05) is 11.4 Å². The number of piperidine rings is 1. The Morgan fingerprint density at radius 1 is 1.26 bits per heavy atom. The molecule has 0 spiro atoms. The minimum absolute atomic E-state index is 0.651. The molecule has 3 heteroatoms. The fourth-order valence-corrected chi connectivity index (χ4v) is 3.00. The van der Waals surface area contributed by atoms with Gasteiger partial charge in [0, 0.05) is 48.8 Å². The largest absolute Gasteiger partial charge is 0.368 e. The van der Waals surface area contributed by atoms with Crippen molar-refractivity contribution in [1.29, 1.82) is 0 Å². The van der Waals surface area contributed by atoms with E-state index in [9.17, 15) is 0 Å². The maximum absolute atomic E-state index is 4.32. The van der Waals surface area contributed by atoms with Gasteiger partial charge in [-0.15, -0.1) is 0 Å². The van der Waals surface area contributed by atoms with E-state index in [0.717, 1.165) is 18.5 Å². The Bertz CT molecular complexity index is 428. The van der Waals surface area contributed by atoms with E-state index in [1.807, 2.05) is 12.4 Å². The van der Waals surface area contributed by atoms with Crippen molar-refractivity contribution in [1.82, 2.24) is 10.3 Å². The molecule has 1 N–H and O–H groups in total. The van der Waals surface area contributed by atoms with Crippen molar-refractivity contribution in [3.05, 3.63) is 24.0 Å². The zero-order valence-electron chi connectivity index (χ0n) is 12.1. The van der Waals surface area contributed by atoms with Gasteiger partial charge in [0.05, 0.1) is 0 Å². The number of pyridine rings is 1. The monoisotopic (exact) mass is 259 g/mol. The second-order valence-electron chi connectivity index (χ2n) is 6.34. The second kappa shape index (κ2) is 5.49. The van der Waals surface area contributed by atoms with E-state index in [1.54, 1.807) is 0 Å². The lowest BCUT2D eigenvalue weighted by Gasteiger charge is -2.39. The number of rotatable bonds is 4. The van der Waals surface area contributed by atoms with E-state index in [-0.39, 0.29) is 0 Å². The zero-order valence-corrected chi connectivity index (χ0v) is 12.1. The standard InChI is InChI=1S/C16H25N3/c1-12-3-4-13(2)19(11-12)16-7-8-17-9-14(16)10-18-15-5-6-15/h7-9,12-13,15,18H,3-6,10-11H2,1-2H3. The van der Waals surface area contributed by atoms with Crippen molar-refractivity contribution in [2.45, 2.75) is 58.2 Å². The average Bonchev–Trinajstić information content (AvgIpc) is 3.24. The highest BCUT2D eigenvalue weighted by molar-refractivity contribution is 5.53. The van der Waals surface area contributed by atoms with E-state index in [0.29, 0.717) is 6.04 Å². The molecule has 1 aromatic heterocycles. The fourth-order valence-electron chi connectivity index (χ4n) is 3.00. The highest BCUT2D eigenvalue weighted by Gasteiger charge is 2.25. The molecular weight excluding hydrogens is 234 g/mol. The fraction of sp³-hybridized carbons (Fsp3) is 0.688. The molecule has 0 aromatic carbocycles. The lowest BCUT2D eigenvalue weighted by atomic mass is 9.94. The minimum atomic E-state index is 0.651. The van der Waals surface area contributed by atoms with Crippen molar-refractivity contribution in [3.8, 4) is 0 Å². The lowest BCUT2D eigenvalue weighted by molar-refractivity contribution is 0.389. The first kappa shape index (κ1) is 12.9. The second-order valence-corrected chi connectivity index (χ2v) is 6.34. The van der Waals surface area contributed by atoms with E-state index >= 15 is 0 Å². The number of anilines is 1. The number of hydrogen-bond acceptors (Lipinski definition) is 3. The molecule has 0 radical (unpaired) electrons. The smallest absolute Gasteiger partial charge is 0.0445 e. The quantitative estimate of drug-likeness (QED) is 0.901. The summed E-state index contributed by atoms with van der Waals surface area (Å²) in [6, 6.07) is 3.60. The summed E-state index contributed by atoms with van der Waals surface area (Å²) in [7, 11) is 0. The number of nitrogens with one attached hydrogen (secondary N) is 1. The Morgan fingerprint density at radius 2 is 2.11 bits per heavy atom. The van der Waals surface area contributed by atoms with Gasteiger partial charge in [0.2, 0.25) is 0 Å². The van der Waals surface area contributed by atoms with Gasteiger partial charge in [0.1, 0.15) is 0 Å². The molecule has 2 fully saturated rings. The van der Waals surface area contributed by atoms with Crippen LogP contribution in [0, 0.1) is 5.92 Å². The zero-order chi connectivity index (χ0) is 13.2. The Labute approximate surface area is 116 Å². The maximum atomic E-state index is 4.32. The van der Waals surface area contributed by atoms with Crippen molar-refractivity contribution < 1.29 is 0 Å². The van der Waals surface area contributed by atoms with Crippen LogP contribution in [0.2, 0.25) is 0 Å². The van der Waals surface area contributed by atoms with Crippen molar-refractivity contribution >= 4 is 5.69 Å². The van der Waals surface area contributed by atoms with Crippen LogP contribution in [-0.2, 0) is 6.54 Å². The summed E-state index contributed by atoms with van der Waals surface area (Å²) in [5.41, 5.74) is 2.75. The molecule has 1 saturated carbocycles. The van der Waals surface area contributed by atoms with Crippen LogP contribution in [0.3, 0.4) is 0 Å². The van der Waals surface area contributed by atoms with Crippen molar-refractivity contribution in [2.24, 2.45) is 5.92 Å². The molecular formula is C16H25N3. The van der Waals surface area contributed by atoms with E-state index in [2.05, 4.69) is 35.1 Å². The van der Waals surface area contributed by atoms with E-state index in [4.69, 9.17) is 0 Å². The molecule has 3 rings (SSSR count). The van der Waals surface area contributed by atoms with Gasteiger partial charge in [0.15, 0.2) is 0 Å². The molecule has 3 nitrogen and oxygen atoms in total. The molecule has 2 unspecified atom stereocenters. The molecule has 1 aliphatic heterocycles. The van der Waals surface area contributed by atoms with E-state index < -0.39 is 0 Å². The van der Waals surface area contributed by atoms with Gasteiger partial charge in [-0.1, -0.05) is 6.92 Å². The molecule has 1 saturated heterocycles. The van der Waals surface area contributed by atoms with Crippen LogP contribution >= 0.6 is 0 Å². The molecule has 2 heterocycles. The van der Waals surface area contributed by atoms with Crippen LogP contribution in [0.5, 0.6) is 0 Å². The predicted octanol–water partition coefficient (Wildman–Crippen LogP) is 2.96. The number of hydrogen-bond donors (Lipinski definition) is 1. The molecule has 2 atom stereocenters. The van der Waals surface area contributed by atoms with Crippen LogP contribution in [0.4, 0.5) is 5.69 Å². The highest BCUT2D eigenvalue weighted by Crippen LogP contribution is 2.30. The third-order valence-corrected chi connectivity index (χ3v) is 4.46. The molecule has 0 amide bonds. The molecule has 104 valence electrons. The van der Waals surface area contributed by atoms with Crippen LogP contribution in [0.15, 0.2) is 18.5 Å². The topological polar surface area (TPSA) is 28.2 Å². The van der Waals surface area contributed by atoms with Gasteiger partial charge < -0.3 is 10.2 Å². The Morgan fingerprint density at radius 3 is 2.89 bits per heavy atom. The Kier molecular flexibility index (Phi) is 3.74. The van der Waals surface area contributed by atoms with Crippen molar-refractivity contribution in [3.63, 3.8) is 0 Å². The summed E-state index contributed by atoms with van der Waals surface area (Å²) in [5.74, 6) is 0.800. The van der Waals surface area contributed by atoms with Gasteiger partial charge in [0.25, 0.3) is 0 Å². The molecule has 0 bridgehead atoms. The predicted molar refractivity (Wildman–Crippen MR) is 79.3 cm³/mol. The van der Waals surface area contributed by atoms with Crippen LogP contribution in [0.25, 0.3) is 0 Å². The maximum Gasteiger partial charge on any atom is 0.0445 e. The third kappa shape index (κ3) is 3.08. The van der Waals surface area contributed by atoms with Crippen LogP contribution in [0.1, 0.15) is 45.1 Å². The first-order valence-electron chi connectivity index (χ1n) is 7.67. The summed E-state index contributed by atoms with van der Waals surface area (Å²) < 4.78 is 0. The summed E-state index contributed by atoms with van der Waals surface area (Å²) in [5, 5.41) is 3.61. The lowest BCUT2D eigenvalue weighted by Crippen LogP contribution is -2.41. The van der Waals surface area contributed by atoms with Crippen LogP contribution in [-0.4, -0.2) is 23.6 Å². The highest BCUT2D eigenvalue weighted by atomic mass is 15.2. The van der Waals surface area contributed by atoms with Crippen LogP contribution < -0.4 is 10.2 Å². The van der Waals surface area contributed by atoms with Gasteiger partial charge in [-0.05, 0) is 44.6 Å². The summed E-state index contributed by atoms with van der Waals surface area (Å²) in [6.45, 7) is 6.86. The summed E-state index contributed by atoms with van der Waals surface area (Å²) in [4.78, 5) is 6.90. The van der Waals surface area contributed by atoms with Gasteiger partial charge in [-0.2, -0.15) is 0 Å². The Hall–Kier alpha value is -1.09. The van der Waals surface area contributed by atoms with Gasteiger partial charge >= 0.3 is 0 Å². The minimum Gasteiger partial charge on any atom is -0.368 e. The SMILES string of the molecule is CC1CCC(C)N(c2ccncc2CNC2CC2)C1. The molecule has 19 heavy (non-hydrogen) atoms. The summed E-state index contributed by atoms with van der Waals surface area (Å²) >= 11 is 0. The number of nitrogens with zero attached hydrogens (tertiary/aromatic N) is 2. The molecule has 1 aliphatic carbocycles. The molecule has 1 aromatic rings. The van der Waals surface area contributed by atoms with Gasteiger partial charge in [-0.3, -0.25) is 4.98 Å².